The molecule has 4 nitrogen and oxygen atoms in total. The Bertz CT molecular complexity index is 836. The molecule has 0 radical (unpaired) electrons. The molecule has 0 saturated heterocycles. The Hall–Kier alpha value is -2.40. The third kappa shape index (κ3) is 2.76. The number of hydrogen-bond donors (Lipinski definition) is 1. The van der Waals surface area contributed by atoms with E-state index in [1.54, 1.807) is 0 Å². The fourth-order valence-corrected chi connectivity index (χ4v) is 3.06. The van der Waals surface area contributed by atoms with Crippen molar-refractivity contribution in [1.29, 1.82) is 0 Å². The Labute approximate surface area is 144 Å². The summed E-state index contributed by atoms with van der Waals surface area (Å²) >= 11 is 5.70. The van der Waals surface area contributed by atoms with Gasteiger partial charge in [-0.05, 0) is 43.7 Å². The first kappa shape index (κ1) is 16.5. The van der Waals surface area contributed by atoms with Crippen LogP contribution in [0.3, 0.4) is 0 Å². The normalized spacial score (nSPS) is 15.3. The summed E-state index contributed by atoms with van der Waals surface area (Å²) in [6, 6.07) is 11.4. The van der Waals surface area contributed by atoms with E-state index < -0.39 is 11.2 Å². The number of nitrogens with zero attached hydrogens (tertiary/aromatic N) is 1. The second-order valence-corrected chi connectivity index (χ2v) is 6.62. The molecule has 3 rings (SSSR count). The van der Waals surface area contributed by atoms with Crippen LogP contribution in [-0.2, 0) is 15.0 Å². The molecule has 2 aromatic carbocycles. The first-order valence-corrected chi connectivity index (χ1v) is 7.85. The fourth-order valence-electron chi connectivity index (χ4n) is 2.87. The molecule has 1 aliphatic heterocycles. The highest BCUT2D eigenvalue weighted by Crippen LogP contribution is 2.41. The van der Waals surface area contributed by atoms with Gasteiger partial charge < -0.3 is 10.2 Å². The van der Waals surface area contributed by atoms with E-state index in [-0.39, 0.29) is 23.4 Å². The van der Waals surface area contributed by atoms with Crippen LogP contribution in [0.15, 0.2) is 42.5 Å². The smallest absolute Gasteiger partial charge is 0.244 e. The maximum atomic E-state index is 13.2. The molecular weight excluding hydrogens is 331 g/mol. The molecule has 0 spiro atoms. The van der Waals surface area contributed by atoms with Crippen LogP contribution in [0.1, 0.15) is 19.4 Å². The van der Waals surface area contributed by atoms with Crippen LogP contribution in [0.2, 0.25) is 5.02 Å². The molecule has 24 heavy (non-hydrogen) atoms. The molecule has 0 aliphatic carbocycles. The Morgan fingerprint density at radius 3 is 2.67 bits per heavy atom. The third-order valence-corrected chi connectivity index (χ3v) is 4.44. The lowest BCUT2D eigenvalue weighted by Crippen LogP contribution is -2.40. The number of amides is 2. The van der Waals surface area contributed by atoms with Crippen molar-refractivity contribution in [3.05, 3.63) is 58.9 Å². The summed E-state index contributed by atoms with van der Waals surface area (Å²) in [7, 11) is 0. The molecule has 0 bridgehead atoms. The molecule has 1 heterocycles. The van der Waals surface area contributed by atoms with Crippen LogP contribution in [-0.4, -0.2) is 18.4 Å². The molecule has 0 unspecified atom stereocenters. The summed E-state index contributed by atoms with van der Waals surface area (Å²) in [6.07, 6.45) is 0. The summed E-state index contributed by atoms with van der Waals surface area (Å²) in [5.41, 5.74) is 1.34. The number of nitrogens with one attached hydrogen (secondary N) is 1. The number of para-hydroxylation sites is 1. The van der Waals surface area contributed by atoms with Crippen molar-refractivity contribution in [2.45, 2.75) is 19.3 Å². The SMILES string of the molecule is CC1(C)C(=O)N(CC(=O)Nc2ccc(F)c(Cl)c2)c2ccccc21. The average molecular weight is 347 g/mol. The van der Waals surface area contributed by atoms with Gasteiger partial charge in [0.25, 0.3) is 0 Å². The topological polar surface area (TPSA) is 49.4 Å². The van der Waals surface area contributed by atoms with Crippen molar-refractivity contribution < 1.29 is 14.0 Å². The van der Waals surface area contributed by atoms with Crippen LogP contribution in [0, 0.1) is 5.82 Å². The molecule has 1 N–H and O–H groups in total. The highest BCUT2D eigenvalue weighted by atomic mass is 35.5. The number of hydrogen-bond acceptors (Lipinski definition) is 2. The Kier molecular flexibility index (Phi) is 4.05. The van der Waals surface area contributed by atoms with Crippen LogP contribution in [0.25, 0.3) is 0 Å². The van der Waals surface area contributed by atoms with Gasteiger partial charge in [0.1, 0.15) is 12.4 Å². The fraction of sp³-hybridized carbons (Fsp3) is 0.222. The molecule has 2 aromatic rings. The maximum absolute atomic E-state index is 13.2. The number of anilines is 2. The number of fused-ring (bicyclic) bond motifs is 1. The number of rotatable bonds is 3. The van der Waals surface area contributed by atoms with Gasteiger partial charge in [0.2, 0.25) is 11.8 Å². The van der Waals surface area contributed by atoms with Gasteiger partial charge in [0.05, 0.1) is 10.4 Å². The van der Waals surface area contributed by atoms with E-state index in [1.807, 2.05) is 38.1 Å². The minimum atomic E-state index is -0.671. The minimum absolute atomic E-state index is 0.0727. The monoisotopic (exact) mass is 346 g/mol. The van der Waals surface area contributed by atoms with Crippen molar-refractivity contribution in [2.75, 3.05) is 16.8 Å². The van der Waals surface area contributed by atoms with Crippen molar-refractivity contribution in [3.8, 4) is 0 Å². The average Bonchev–Trinajstić information content (AvgIpc) is 2.73. The molecule has 124 valence electrons. The second kappa shape index (κ2) is 5.91. The van der Waals surface area contributed by atoms with Crippen molar-refractivity contribution in [1.82, 2.24) is 0 Å². The lowest BCUT2D eigenvalue weighted by atomic mass is 9.86. The number of carbonyl (C=O) groups excluding carboxylic acids is 2. The third-order valence-electron chi connectivity index (χ3n) is 4.15. The summed E-state index contributed by atoms with van der Waals surface area (Å²) in [6.45, 7) is 3.56. The highest BCUT2D eigenvalue weighted by molar-refractivity contribution is 6.31. The van der Waals surface area contributed by atoms with Gasteiger partial charge in [-0.1, -0.05) is 29.8 Å². The molecule has 6 heteroatoms. The summed E-state index contributed by atoms with van der Waals surface area (Å²) in [5.74, 6) is -1.06. The van der Waals surface area contributed by atoms with Gasteiger partial charge in [-0.3, -0.25) is 9.59 Å². The van der Waals surface area contributed by atoms with E-state index in [4.69, 9.17) is 11.6 Å². The predicted molar refractivity (Wildman–Crippen MR) is 91.9 cm³/mol. The Morgan fingerprint density at radius 2 is 1.96 bits per heavy atom. The Morgan fingerprint density at radius 1 is 1.25 bits per heavy atom. The zero-order valence-electron chi connectivity index (χ0n) is 13.3. The van der Waals surface area contributed by atoms with Gasteiger partial charge in [-0.25, -0.2) is 4.39 Å². The summed E-state index contributed by atoms with van der Waals surface area (Å²) in [5, 5.41) is 2.56. The molecule has 0 saturated carbocycles. The van der Waals surface area contributed by atoms with Gasteiger partial charge in [-0.2, -0.15) is 0 Å². The summed E-state index contributed by atoms with van der Waals surface area (Å²) < 4.78 is 13.2. The molecule has 0 fully saturated rings. The van der Waals surface area contributed by atoms with Crippen LogP contribution in [0.5, 0.6) is 0 Å². The zero-order chi connectivity index (χ0) is 17.5. The molecule has 2 amide bonds. The molecule has 0 aromatic heterocycles. The van der Waals surface area contributed by atoms with Crippen LogP contribution >= 0.6 is 11.6 Å². The van der Waals surface area contributed by atoms with Gasteiger partial charge in [0.15, 0.2) is 0 Å². The van der Waals surface area contributed by atoms with Crippen molar-refractivity contribution in [2.24, 2.45) is 0 Å². The summed E-state index contributed by atoms with van der Waals surface area (Å²) in [4.78, 5) is 26.4. The van der Waals surface area contributed by atoms with E-state index in [2.05, 4.69) is 5.32 Å². The zero-order valence-corrected chi connectivity index (χ0v) is 14.0. The van der Waals surface area contributed by atoms with Crippen molar-refractivity contribution >= 4 is 34.8 Å². The number of halogens is 2. The second-order valence-electron chi connectivity index (χ2n) is 6.21. The first-order valence-electron chi connectivity index (χ1n) is 7.47. The van der Waals surface area contributed by atoms with Gasteiger partial charge in [-0.15, -0.1) is 0 Å². The number of carbonyl (C=O) groups is 2. The van der Waals surface area contributed by atoms with E-state index in [0.29, 0.717) is 5.69 Å². The van der Waals surface area contributed by atoms with E-state index in [0.717, 1.165) is 11.3 Å². The minimum Gasteiger partial charge on any atom is -0.324 e. The van der Waals surface area contributed by atoms with E-state index in [1.165, 1.54) is 23.1 Å². The van der Waals surface area contributed by atoms with Crippen molar-refractivity contribution in [3.63, 3.8) is 0 Å². The number of benzene rings is 2. The standard InChI is InChI=1S/C18H16ClFN2O2/c1-18(2)12-5-3-4-6-15(12)22(17(18)24)10-16(23)21-11-7-8-14(20)13(19)9-11/h3-9H,10H2,1-2H3,(H,21,23). The lowest BCUT2D eigenvalue weighted by Gasteiger charge is -2.20. The molecular formula is C18H16ClFN2O2. The van der Waals surface area contributed by atoms with Crippen LogP contribution in [0.4, 0.5) is 15.8 Å². The van der Waals surface area contributed by atoms with Gasteiger partial charge in [0, 0.05) is 11.4 Å². The molecule has 0 atom stereocenters. The lowest BCUT2D eigenvalue weighted by molar-refractivity contribution is -0.124. The first-order chi connectivity index (χ1) is 11.3. The van der Waals surface area contributed by atoms with Gasteiger partial charge >= 0.3 is 0 Å². The van der Waals surface area contributed by atoms with E-state index in [9.17, 15) is 14.0 Å². The molecule has 1 aliphatic rings. The predicted octanol–water partition coefficient (Wildman–Crippen LogP) is 3.74. The maximum Gasteiger partial charge on any atom is 0.244 e. The van der Waals surface area contributed by atoms with Crippen LogP contribution < -0.4 is 10.2 Å². The highest BCUT2D eigenvalue weighted by Gasteiger charge is 2.44. The Balaban J connectivity index is 1.79. The quantitative estimate of drug-likeness (QED) is 0.920. The van der Waals surface area contributed by atoms with E-state index >= 15 is 0 Å². The largest absolute Gasteiger partial charge is 0.324 e.